The fourth-order valence-electron chi connectivity index (χ4n) is 1.02. The second kappa shape index (κ2) is 3.77. The van der Waals surface area contributed by atoms with Crippen LogP contribution in [0, 0.1) is 19.3 Å². The minimum Gasteiger partial charge on any atom is -0.314 e. The molecule has 1 aromatic heterocycles. The Morgan fingerprint density at radius 1 is 1.67 bits per heavy atom. The lowest BCUT2D eigenvalue weighted by Crippen LogP contribution is -2.20. The van der Waals surface area contributed by atoms with Crippen LogP contribution < -0.4 is 5.56 Å². The van der Waals surface area contributed by atoms with Gasteiger partial charge in [-0.3, -0.25) is 4.79 Å². The van der Waals surface area contributed by atoms with Gasteiger partial charge in [-0.05, 0) is 13.0 Å². The average Bonchev–Trinajstić information content (AvgIpc) is 2.08. The van der Waals surface area contributed by atoms with E-state index in [4.69, 9.17) is 6.42 Å². The number of aromatic nitrogens is 1. The number of hydrogen-bond acceptors (Lipinski definition) is 1. The largest absolute Gasteiger partial charge is 0.314 e. The SMILES string of the molecule is C#CCCn1cccc(C)c1=O. The van der Waals surface area contributed by atoms with Crippen molar-refractivity contribution in [2.24, 2.45) is 0 Å². The second-order valence-electron chi connectivity index (χ2n) is 2.64. The summed E-state index contributed by atoms with van der Waals surface area (Å²) in [5.41, 5.74) is 0.808. The Kier molecular flexibility index (Phi) is 2.71. The molecular weight excluding hydrogens is 150 g/mol. The van der Waals surface area contributed by atoms with Gasteiger partial charge in [0.2, 0.25) is 0 Å². The van der Waals surface area contributed by atoms with Crippen molar-refractivity contribution < 1.29 is 0 Å². The van der Waals surface area contributed by atoms with Crippen molar-refractivity contribution in [3.63, 3.8) is 0 Å². The molecule has 2 heteroatoms. The lowest BCUT2D eigenvalue weighted by Gasteiger charge is -2.02. The molecule has 0 unspecified atom stereocenters. The van der Waals surface area contributed by atoms with Crippen molar-refractivity contribution in [3.8, 4) is 12.3 Å². The highest BCUT2D eigenvalue weighted by Gasteiger charge is 1.95. The summed E-state index contributed by atoms with van der Waals surface area (Å²) in [5.74, 6) is 2.50. The summed E-state index contributed by atoms with van der Waals surface area (Å²) in [6.45, 7) is 2.41. The summed E-state index contributed by atoms with van der Waals surface area (Å²) in [5, 5.41) is 0. The normalized spacial score (nSPS) is 9.33. The Morgan fingerprint density at radius 2 is 2.42 bits per heavy atom. The predicted molar refractivity (Wildman–Crippen MR) is 48.9 cm³/mol. The highest BCUT2D eigenvalue weighted by molar-refractivity contribution is 5.07. The molecule has 2 nitrogen and oxygen atoms in total. The first-order valence-corrected chi connectivity index (χ1v) is 3.85. The molecule has 0 bridgehead atoms. The molecule has 1 aromatic rings. The van der Waals surface area contributed by atoms with E-state index in [1.165, 1.54) is 0 Å². The summed E-state index contributed by atoms with van der Waals surface area (Å²) in [4.78, 5) is 11.4. The lowest BCUT2D eigenvalue weighted by molar-refractivity contribution is 0.685. The van der Waals surface area contributed by atoms with Crippen molar-refractivity contribution >= 4 is 0 Å². The number of nitrogens with zero attached hydrogens (tertiary/aromatic N) is 1. The van der Waals surface area contributed by atoms with Gasteiger partial charge in [0.05, 0.1) is 0 Å². The Balaban J connectivity index is 2.95. The van der Waals surface area contributed by atoms with Gasteiger partial charge in [-0.1, -0.05) is 6.07 Å². The summed E-state index contributed by atoms with van der Waals surface area (Å²) in [6.07, 6.45) is 7.46. The van der Waals surface area contributed by atoms with Gasteiger partial charge in [0.15, 0.2) is 0 Å². The summed E-state index contributed by atoms with van der Waals surface area (Å²) in [6, 6.07) is 3.65. The molecule has 0 spiro atoms. The van der Waals surface area contributed by atoms with E-state index >= 15 is 0 Å². The molecule has 0 N–H and O–H groups in total. The van der Waals surface area contributed by atoms with Crippen LogP contribution in [0.1, 0.15) is 12.0 Å². The zero-order chi connectivity index (χ0) is 8.97. The van der Waals surface area contributed by atoms with E-state index in [2.05, 4.69) is 5.92 Å². The highest BCUT2D eigenvalue weighted by atomic mass is 16.1. The van der Waals surface area contributed by atoms with E-state index in [1.807, 2.05) is 6.07 Å². The van der Waals surface area contributed by atoms with E-state index in [9.17, 15) is 4.79 Å². The van der Waals surface area contributed by atoms with Crippen molar-refractivity contribution in [2.45, 2.75) is 19.9 Å². The number of pyridine rings is 1. The monoisotopic (exact) mass is 161 g/mol. The first-order valence-electron chi connectivity index (χ1n) is 3.85. The van der Waals surface area contributed by atoms with Crippen LogP contribution in [0.5, 0.6) is 0 Å². The summed E-state index contributed by atoms with van der Waals surface area (Å²) >= 11 is 0. The Hall–Kier alpha value is -1.49. The lowest BCUT2D eigenvalue weighted by atomic mass is 10.3. The quantitative estimate of drug-likeness (QED) is 0.597. The molecule has 12 heavy (non-hydrogen) atoms. The molecule has 0 fully saturated rings. The second-order valence-corrected chi connectivity index (χ2v) is 2.64. The molecule has 0 aliphatic carbocycles. The maximum absolute atomic E-state index is 11.4. The third-order valence-electron chi connectivity index (χ3n) is 1.71. The van der Waals surface area contributed by atoms with Gasteiger partial charge in [0.25, 0.3) is 5.56 Å². The Labute approximate surface area is 71.8 Å². The third-order valence-corrected chi connectivity index (χ3v) is 1.71. The maximum atomic E-state index is 11.4. The molecule has 0 saturated carbocycles. The zero-order valence-electron chi connectivity index (χ0n) is 7.08. The third kappa shape index (κ3) is 1.76. The van der Waals surface area contributed by atoms with Crippen LogP contribution in [0.2, 0.25) is 0 Å². The number of rotatable bonds is 2. The van der Waals surface area contributed by atoms with E-state index in [1.54, 1.807) is 23.8 Å². The van der Waals surface area contributed by atoms with Crippen LogP contribution in [-0.2, 0) is 6.54 Å². The Bertz CT molecular complexity index is 357. The topological polar surface area (TPSA) is 22.0 Å². The number of hydrogen-bond donors (Lipinski definition) is 0. The van der Waals surface area contributed by atoms with E-state index in [0.717, 1.165) is 5.56 Å². The van der Waals surface area contributed by atoms with Crippen molar-refractivity contribution in [2.75, 3.05) is 0 Å². The van der Waals surface area contributed by atoms with Crippen LogP contribution in [0.15, 0.2) is 23.1 Å². The van der Waals surface area contributed by atoms with Crippen molar-refractivity contribution in [1.82, 2.24) is 4.57 Å². The summed E-state index contributed by atoms with van der Waals surface area (Å²) in [7, 11) is 0. The average molecular weight is 161 g/mol. The smallest absolute Gasteiger partial charge is 0.253 e. The Morgan fingerprint density at radius 3 is 3.08 bits per heavy atom. The molecule has 0 radical (unpaired) electrons. The fraction of sp³-hybridized carbons (Fsp3) is 0.300. The van der Waals surface area contributed by atoms with E-state index in [-0.39, 0.29) is 5.56 Å². The van der Waals surface area contributed by atoms with Gasteiger partial charge >= 0.3 is 0 Å². The zero-order valence-corrected chi connectivity index (χ0v) is 7.08. The van der Waals surface area contributed by atoms with Gasteiger partial charge < -0.3 is 4.57 Å². The molecule has 0 aromatic carbocycles. The van der Waals surface area contributed by atoms with Gasteiger partial charge in [0, 0.05) is 24.7 Å². The maximum Gasteiger partial charge on any atom is 0.253 e. The molecule has 1 heterocycles. The highest BCUT2D eigenvalue weighted by Crippen LogP contribution is 1.90. The van der Waals surface area contributed by atoms with Crippen LogP contribution in [0.3, 0.4) is 0 Å². The predicted octanol–water partition coefficient (Wildman–Crippen LogP) is 1.18. The molecule has 62 valence electrons. The molecule has 0 aliphatic rings. The fourth-order valence-corrected chi connectivity index (χ4v) is 1.02. The number of aryl methyl sites for hydroxylation is 2. The summed E-state index contributed by atoms with van der Waals surface area (Å²) < 4.78 is 1.63. The minimum atomic E-state index is 0.0488. The van der Waals surface area contributed by atoms with Crippen LogP contribution in [0.25, 0.3) is 0 Å². The van der Waals surface area contributed by atoms with Gasteiger partial charge in [-0.15, -0.1) is 12.3 Å². The molecule has 0 aliphatic heterocycles. The van der Waals surface area contributed by atoms with Gasteiger partial charge in [-0.2, -0.15) is 0 Å². The van der Waals surface area contributed by atoms with E-state index in [0.29, 0.717) is 13.0 Å². The minimum absolute atomic E-state index is 0.0488. The van der Waals surface area contributed by atoms with Gasteiger partial charge in [0.1, 0.15) is 0 Å². The molecule has 0 amide bonds. The first kappa shape index (κ1) is 8.61. The van der Waals surface area contributed by atoms with Crippen molar-refractivity contribution in [3.05, 3.63) is 34.2 Å². The molecule has 0 atom stereocenters. The molecule has 0 saturated heterocycles. The molecular formula is C10H11NO. The molecule has 1 rings (SSSR count). The standard InChI is InChI=1S/C10H11NO/c1-3-4-7-11-8-5-6-9(2)10(11)12/h1,5-6,8H,4,7H2,2H3. The first-order chi connectivity index (χ1) is 5.75. The van der Waals surface area contributed by atoms with Crippen molar-refractivity contribution in [1.29, 1.82) is 0 Å². The van der Waals surface area contributed by atoms with Crippen LogP contribution in [-0.4, -0.2) is 4.57 Å². The van der Waals surface area contributed by atoms with E-state index < -0.39 is 0 Å². The van der Waals surface area contributed by atoms with Crippen LogP contribution >= 0.6 is 0 Å². The number of terminal acetylenes is 1. The van der Waals surface area contributed by atoms with Gasteiger partial charge in [-0.25, -0.2) is 0 Å². The van der Waals surface area contributed by atoms with Crippen LogP contribution in [0.4, 0.5) is 0 Å².